The molecule has 3 nitrogen and oxygen atoms in total. The smallest absolute Gasteiger partial charge is 0.266 e. The fourth-order valence-electron chi connectivity index (χ4n) is 2.10. The summed E-state index contributed by atoms with van der Waals surface area (Å²) >= 11 is 3.26. The van der Waals surface area contributed by atoms with E-state index >= 15 is 0 Å². The first-order chi connectivity index (χ1) is 10.6. The average molecular weight is 364 g/mol. The summed E-state index contributed by atoms with van der Waals surface area (Å²) < 4.78 is 19.5. The Labute approximate surface area is 136 Å². The van der Waals surface area contributed by atoms with Gasteiger partial charge in [0.2, 0.25) is 6.10 Å². The molecule has 0 saturated heterocycles. The van der Waals surface area contributed by atoms with Crippen molar-refractivity contribution < 1.29 is 13.9 Å². The number of hydrogen-bond donors (Lipinski definition) is 1. The van der Waals surface area contributed by atoms with Crippen molar-refractivity contribution in [3.8, 4) is 5.75 Å². The van der Waals surface area contributed by atoms with Gasteiger partial charge in [-0.2, -0.15) is 0 Å². The molecule has 0 spiro atoms. The van der Waals surface area contributed by atoms with Crippen LogP contribution in [-0.4, -0.2) is 11.9 Å². The number of halogens is 2. The molecule has 5 heteroatoms. The van der Waals surface area contributed by atoms with Crippen molar-refractivity contribution in [3.63, 3.8) is 0 Å². The molecular formula is C17H15BrFNO2. The van der Waals surface area contributed by atoms with Crippen LogP contribution < -0.4 is 10.1 Å². The second-order valence-corrected chi connectivity index (χ2v) is 6.12. The van der Waals surface area contributed by atoms with E-state index in [4.69, 9.17) is 4.74 Å². The van der Waals surface area contributed by atoms with E-state index in [-0.39, 0.29) is 17.8 Å². The molecule has 0 aromatic heterocycles. The predicted octanol–water partition coefficient (Wildman–Crippen LogP) is 3.99. The lowest BCUT2D eigenvalue weighted by atomic mass is 10.1. The van der Waals surface area contributed by atoms with Crippen LogP contribution in [0.1, 0.15) is 24.5 Å². The van der Waals surface area contributed by atoms with Gasteiger partial charge in [-0.3, -0.25) is 4.79 Å². The molecule has 1 amide bonds. The lowest BCUT2D eigenvalue weighted by Gasteiger charge is -2.20. The van der Waals surface area contributed by atoms with Crippen molar-refractivity contribution in [3.05, 3.63) is 64.4 Å². The van der Waals surface area contributed by atoms with Crippen molar-refractivity contribution in [2.24, 2.45) is 0 Å². The first kappa shape index (κ1) is 15.0. The topological polar surface area (TPSA) is 38.3 Å². The maximum Gasteiger partial charge on any atom is 0.266 e. The molecule has 1 atom stereocenters. The normalized spacial score (nSPS) is 15.2. The molecule has 1 fully saturated rings. The highest BCUT2D eigenvalue weighted by molar-refractivity contribution is 9.10. The Morgan fingerprint density at radius 2 is 1.95 bits per heavy atom. The number of carbonyl (C=O) groups is 1. The van der Waals surface area contributed by atoms with Crippen LogP contribution in [0.2, 0.25) is 0 Å². The van der Waals surface area contributed by atoms with E-state index < -0.39 is 6.10 Å². The molecule has 1 aliphatic carbocycles. The van der Waals surface area contributed by atoms with E-state index in [1.165, 1.54) is 18.2 Å². The Morgan fingerprint density at radius 1 is 1.23 bits per heavy atom. The molecular weight excluding hydrogens is 349 g/mol. The lowest BCUT2D eigenvalue weighted by molar-refractivity contribution is -0.128. The quantitative estimate of drug-likeness (QED) is 0.872. The van der Waals surface area contributed by atoms with Gasteiger partial charge < -0.3 is 10.1 Å². The van der Waals surface area contributed by atoms with E-state index in [2.05, 4.69) is 21.2 Å². The molecule has 0 unspecified atom stereocenters. The molecule has 0 aliphatic heterocycles. The molecule has 22 heavy (non-hydrogen) atoms. The number of nitrogens with one attached hydrogen (secondary N) is 1. The van der Waals surface area contributed by atoms with Crippen LogP contribution >= 0.6 is 15.9 Å². The molecule has 0 heterocycles. The molecule has 0 bridgehead atoms. The maximum atomic E-state index is 13.2. The zero-order valence-corrected chi connectivity index (χ0v) is 13.3. The van der Waals surface area contributed by atoms with Crippen LogP contribution in [0.15, 0.2) is 53.0 Å². The summed E-state index contributed by atoms with van der Waals surface area (Å²) in [5, 5.41) is 2.95. The fraction of sp³-hybridized carbons (Fsp3) is 0.235. The SMILES string of the molecule is O=C(NC1CC1)[C@H](Oc1ccc(F)cc1Br)c1ccccc1. The predicted molar refractivity (Wildman–Crippen MR) is 85.1 cm³/mol. The van der Waals surface area contributed by atoms with Crippen LogP contribution in [0.25, 0.3) is 0 Å². The number of amides is 1. The Morgan fingerprint density at radius 3 is 2.59 bits per heavy atom. The van der Waals surface area contributed by atoms with Crippen molar-refractivity contribution in [1.82, 2.24) is 5.32 Å². The van der Waals surface area contributed by atoms with Gasteiger partial charge in [-0.15, -0.1) is 0 Å². The Balaban J connectivity index is 1.85. The second kappa shape index (κ2) is 6.48. The minimum Gasteiger partial charge on any atom is -0.475 e. The minimum absolute atomic E-state index is 0.176. The van der Waals surface area contributed by atoms with Gasteiger partial charge >= 0.3 is 0 Å². The highest BCUT2D eigenvalue weighted by Crippen LogP contribution is 2.31. The molecule has 2 aromatic rings. The number of carbonyl (C=O) groups excluding carboxylic acids is 1. The Bertz CT molecular complexity index is 674. The van der Waals surface area contributed by atoms with E-state index in [0.29, 0.717) is 10.2 Å². The largest absolute Gasteiger partial charge is 0.475 e. The number of hydrogen-bond acceptors (Lipinski definition) is 2. The van der Waals surface area contributed by atoms with Gasteiger partial charge in [-0.05, 0) is 47.0 Å². The Kier molecular flexibility index (Phi) is 4.43. The summed E-state index contributed by atoms with van der Waals surface area (Å²) in [5.74, 6) is -0.107. The van der Waals surface area contributed by atoms with Crippen LogP contribution in [0, 0.1) is 5.82 Å². The van der Waals surface area contributed by atoms with Gasteiger partial charge in [-0.1, -0.05) is 30.3 Å². The van der Waals surface area contributed by atoms with Gasteiger partial charge in [0.1, 0.15) is 11.6 Å². The monoisotopic (exact) mass is 363 g/mol. The highest BCUT2D eigenvalue weighted by atomic mass is 79.9. The van der Waals surface area contributed by atoms with Crippen LogP contribution in [-0.2, 0) is 4.79 Å². The fourth-order valence-corrected chi connectivity index (χ4v) is 2.55. The summed E-state index contributed by atoms with van der Waals surface area (Å²) in [5.41, 5.74) is 0.761. The first-order valence-electron chi connectivity index (χ1n) is 7.10. The van der Waals surface area contributed by atoms with E-state index in [0.717, 1.165) is 18.4 Å². The first-order valence-corrected chi connectivity index (χ1v) is 7.90. The molecule has 1 saturated carbocycles. The second-order valence-electron chi connectivity index (χ2n) is 5.27. The Hall–Kier alpha value is -1.88. The lowest BCUT2D eigenvalue weighted by Crippen LogP contribution is -2.33. The van der Waals surface area contributed by atoms with E-state index in [1.54, 1.807) is 0 Å². The number of benzene rings is 2. The van der Waals surface area contributed by atoms with Gasteiger partial charge in [0.05, 0.1) is 4.47 Å². The summed E-state index contributed by atoms with van der Waals surface area (Å²) in [6.45, 7) is 0. The van der Waals surface area contributed by atoms with Crippen LogP contribution in [0.5, 0.6) is 5.75 Å². The number of rotatable bonds is 5. The summed E-state index contributed by atoms with van der Waals surface area (Å²) in [7, 11) is 0. The highest BCUT2D eigenvalue weighted by Gasteiger charge is 2.30. The summed E-state index contributed by atoms with van der Waals surface area (Å²) in [4.78, 5) is 12.5. The molecule has 114 valence electrons. The standard InChI is InChI=1S/C17H15BrFNO2/c18-14-10-12(19)6-9-15(14)22-16(11-4-2-1-3-5-11)17(21)20-13-7-8-13/h1-6,9-10,13,16H,7-8H2,(H,20,21)/t16-/m1/s1. The molecule has 2 aromatic carbocycles. The van der Waals surface area contributed by atoms with Crippen molar-refractivity contribution in [1.29, 1.82) is 0 Å². The third kappa shape index (κ3) is 3.65. The van der Waals surface area contributed by atoms with Gasteiger partial charge in [0.15, 0.2) is 0 Å². The van der Waals surface area contributed by atoms with E-state index in [1.807, 2.05) is 30.3 Å². The van der Waals surface area contributed by atoms with Gasteiger partial charge in [0.25, 0.3) is 5.91 Å². The third-order valence-corrected chi connectivity index (χ3v) is 4.02. The average Bonchev–Trinajstić information content (AvgIpc) is 3.31. The zero-order chi connectivity index (χ0) is 15.5. The van der Waals surface area contributed by atoms with Crippen LogP contribution in [0.3, 0.4) is 0 Å². The van der Waals surface area contributed by atoms with Crippen molar-refractivity contribution in [2.45, 2.75) is 25.0 Å². The number of ether oxygens (including phenoxy) is 1. The third-order valence-electron chi connectivity index (χ3n) is 3.40. The minimum atomic E-state index is -0.761. The molecule has 1 N–H and O–H groups in total. The van der Waals surface area contributed by atoms with Gasteiger partial charge in [-0.25, -0.2) is 4.39 Å². The zero-order valence-electron chi connectivity index (χ0n) is 11.8. The van der Waals surface area contributed by atoms with Crippen molar-refractivity contribution in [2.75, 3.05) is 0 Å². The van der Waals surface area contributed by atoms with E-state index in [9.17, 15) is 9.18 Å². The van der Waals surface area contributed by atoms with Crippen LogP contribution in [0.4, 0.5) is 4.39 Å². The van der Waals surface area contributed by atoms with Gasteiger partial charge in [0, 0.05) is 11.6 Å². The molecule has 1 aliphatic rings. The van der Waals surface area contributed by atoms with Crippen molar-refractivity contribution >= 4 is 21.8 Å². The summed E-state index contributed by atoms with van der Waals surface area (Å²) in [6.07, 6.45) is 1.25. The molecule has 0 radical (unpaired) electrons. The maximum absolute atomic E-state index is 13.2. The summed E-state index contributed by atoms with van der Waals surface area (Å²) in [6, 6.07) is 13.7. The molecule has 3 rings (SSSR count).